The van der Waals surface area contributed by atoms with Crippen molar-refractivity contribution in [1.29, 1.82) is 0 Å². The average molecular weight is 266 g/mol. The van der Waals surface area contributed by atoms with Crippen molar-refractivity contribution >= 4 is 10.9 Å². The standard InChI is InChI=1S/C17H15FN2/c1-11(19)14-8-7-13(18)10-15(14)17-9-6-12-4-2-3-5-16(12)20-17/h2-11H,19H2,1H3. The summed E-state index contributed by atoms with van der Waals surface area (Å²) in [7, 11) is 0. The molecule has 1 heterocycles. The minimum absolute atomic E-state index is 0.168. The number of fused-ring (bicyclic) bond motifs is 1. The highest BCUT2D eigenvalue weighted by atomic mass is 19.1. The Labute approximate surface area is 117 Å². The number of pyridine rings is 1. The average Bonchev–Trinajstić information content (AvgIpc) is 2.46. The van der Waals surface area contributed by atoms with Crippen LogP contribution in [0.4, 0.5) is 4.39 Å². The number of halogens is 1. The van der Waals surface area contributed by atoms with Crippen molar-refractivity contribution in [2.24, 2.45) is 5.73 Å². The molecular formula is C17H15FN2. The summed E-state index contributed by atoms with van der Waals surface area (Å²) in [5, 5.41) is 1.06. The maximum atomic E-state index is 13.5. The zero-order chi connectivity index (χ0) is 14.1. The van der Waals surface area contributed by atoms with E-state index in [9.17, 15) is 4.39 Å². The van der Waals surface area contributed by atoms with Crippen molar-refractivity contribution in [2.45, 2.75) is 13.0 Å². The van der Waals surface area contributed by atoms with Gasteiger partial charge in [-0.1, -0.05) is 30.3 Å². The summed E-state index contributed by atoms with van der Waals surface area (Å²) in [4.78, 5) is 4.61. The third-order valence-corrected chi connectivity index (χ3v) is 3.38. The van der Waals surface area contributed by atoms with Gasteiger partial charge >= 0.3 is 0 Å². The van der Waals surface area contributed by atoms with Gasteiger partial charge in [-0.2, -0.15) is 0 Å². The van der Waals surface area contributed by atoms with E-state index in [0.29, 0.717) is 0 Å². The van der Waals surface area contributed by atoms with Crippen LogP contribution in [0.15, 0.2) is 54.6 Å². The molecule has 2 nitrogen and oxygen atoms in total. The number of para-hydroxylation sites is 1. The van der Waals surface area contributed by atoms with Gasteiger partial charge in [-0.3, -0.25) is 0 Å². The van der Waals surface area contributed by atoms with Gasteiger partial charge in [0.2, 0.25) is 0 Å². The second-order valence-electron chi connectivity index (χ2n) is 4.91. The SMILES string of the molecule is CC(N)c1ccc(F)cc1-c1ccc2ccccc2n1. The van der Waals surface area contributed by atoms with Crippen LogP contribution < -0.4 is 5.73 Å². The van der Waals surface area contributed by atoms with Crippen LogP contribution in [0.3, 0.4) is 0 Å². The second kappa shape index (κ2) is 5.02. The molecular weight excluding hydrogens is 251 g/mol. The van der Waals surface area contributed by atoms with Gasteiger partial charge in [0.1, 0.15) is 5.82 Å². The van der Waals surface area contributed by atoms with Gasteiger partial charge in [0.05, 0.1) is 11.2 Å². The fourth-order valence-electron chi connectivity index (χ4n) is 2.36. The molecule has 0 amide bonds. The number of hydrogen-bond acceptors (Lipinski definition) is 2. The molecule has 3 heteroatoms. The van der Waals surface area contributed by atoms with Crippen LogP contribution in [0.1, 0.15) is 18.5 Å². The van der Waals surface area contributed by atoms with Crippen LogP contribution in [0.25, 0.3) is 22.2 Å². The fraction of sp³-hybridized carbons (Fsp3) is 0.118. The first-order valence-corrected chi connectivity index (χ1v) is 6.56. The third kappa shape index (κ3) is 2.28. The Morgan fingerprint density at radius 1 is 1.05 bits per heavy atom. The molecule has 1 aromatic heterocycles. The monoisotopic (exact) mass is 266 g/mol. The Hall–Kier alpha value is -2.26. The van der Waals surface area contributed by atoms with Crippen LogP contribution in [0.2, 0.25) is 0 Å². The summed E-state index contributed by atoms with van der Waals surface area (Å²) >= 11 is 0. The molecule has 0 saturated carbocycles. The van der Waals surface area contributed by atoms with E-state index in [4.69, 9.17) is 5.73 Å². The number of benzene rings is 2. The summed E-state index contributed by atoms with van der Waals surface area (Å²) in [5.74, 6) is -0.278. The summed E-state index contributed by atoms with van der Waals surface area (Å²) in [6.07, 6.45) is 0. The summed E-state index contributed by atoms with van der Waals surface area (Å²) in [6.45, 7) is 1.89. The molecule has 2 aromatic carbocycles. The highest BCUT2D eigenvalue weighted by molar-refractivity contribution is 5.82. The van der Waals surface area contributed by atoms with Crippen molar-refractivity contribution < 1.29 is 4.39 Å². The van der Waals surface area contributed by atoms with Crippen molar-refractivity contribution in [1.82, 2.24) is 4.98 Å². The minimum Gasteiger partial charge on any atom is -0.324 e. The molecule has 0 radical (unpaired) electrons. The van der Waals surface area contributed by atoms with Gasteiger partial charge in [-0.05, 0) is 36.8 Å². The van der Waals surface area contributed by atoms with E-state index in [0.717, 1.165) is 27.7 Å². The summed E-state index contributed by atoms with van der Waals surface area (Å²) in [6, 6.07) is 16.3. The predicted molar refractivity (Wildman–Crippen MR) is 79.7 cm³/mol. The van der Waals surface area contributed by atoms with Gasteiger partial charge in [0, 0.05) is 17.0 Å². The number of aromatic nitrogens is 1. The van der Waals surface area contributed by atoms with Crippen LogP contribution in [-0.4, -0.2) is 4.98 Å². The van der Waals surface area contributed by atoms with Crippen molar-refractivity contribution in [3.05, 3.63) is 66.0 Å². The zero-order valence-electron chi connectivity index (χ0n) is 11.2. The molecule has 0 fully saturated rings. The normalized spacial score (nSPS) is 12.6. The zero-order valence-corrected chi connectivity index (χ0v) is 11.2. The molecule has 100 valence electrons. The molecule has 1 unspecified atom stereocenters. The minimum atomic E-state index is -0.278. The fourth-order valence-corrected chi connectivity index (χ4v) is 2.36. The van der Waals surface area contributed by atoms with Gasteiger partial charge in [-0.15, -0.1) is 0 Å². The Morgan fingerprint density at radius 3 is 2.65 bits per heavy atom. The maximum Gasteiger partial charge on any atom is 0.123 e. The van der Waals surface area contributed by atoms with E-state index in [1.807, 2.05) is 43.3 Å². The van der Waals surface area contributed by atoms with E-state index in [2.05, 4.69) is 4.98 Å². The predicted octanol–water partition coefficient (Wildman–Crippen LogP) is 4.06. The highest BCUT2D eigenvalue weighted by Gasteiger charge is 2.11. The van der Waals surface area contributed by atoms with Gasteiger partial charge in [0.25, 0.3) is 0 Å². The van der Waals surface area contributed by atoms with Crippen LogP contribution in [-0.2, 0) is 0 Å². The first-order valence-electron chi connectivity index (χ1n) is 6.56. The topological polar surface area (TPSA) is 38.9 Å². The van der Waals surface area contributed by atoms with Gasteiger partial charge < -0.3 is 5.73 Å². The van der Waals surface area contributed by atoms with E-state index >= 15 is 0 Å². The van der Waals surface area contributed by atoms with Crippen molar-refractivity contribution in [2.75, 3.05) is 0 Å². The molecule has 20 heavy (non-hydrogen) atoms. The Balaban J connectivity index is 2.22. The molecule has 0 bridgehead atoms. The lowest BCUT2D eigenvalue weighted by atomic mass is 9.98. The first-order chi connectivity index (χ1) is 9.65. The van der Waals surface area contributed by atoms with Crippen LogP contribution in [0, 0.1) is 5.82 Å². The molecule has 2 N–H and O–H groups in total. The van der Waals surface area contributed by atoms with Crippen LogP contribution in [0.5, 0.6) is 0 Å². The number of hydrogen-bond donors (Lipinski definition) is 1. The van der Waals surface area contributed by atoms with Gasteiger partial charge in [0.15, 0.2) is 0 Å². The van der Waals surface area contributed by atoms with Crippen LogP contribution >= 0.6 is 0 Å². The van der Waals surface area contributed by atoms with E-state index < -0.39 is 0 Å². The molecule has 0 saturated heterocycles. The summed E-state index contributed by atoms with van der Waals surface area (Å²) < 4.78 is 13.5. The molecule has 0 aliphatic rings. The lowest BCUT2D eigenvalue weighted by molar-refractivity contribution is 0.626. The Bertz CT molecular complexity index is 766. The van der Waals surface area contributed by atoms with Crippen molar-refractivity contribution in [3.8, 4) is 11.3 Å². The number of nitrogens with two attached hydrogens (primary N) is 1. The molecule has 0 aliphatic carbocycles. The van der Waals surface area contributed by atoms with Gasteiger partial charge in [-0.25, -0.2) is 9.37 Å². The Morgan fingerprint density at radius 2 is 1.85 bits per heavy atom. The van der Waals surface area contributed by atoms with E-state index in [1.54, 1.807) is 6.07 Å². The quantitative estimate of drug-likeness (QED) is 0.759. The molecule has 3 aromatic rings. The molecule has 0 spiro atoms. The molecule has 3 rings (SSSR count). The largest absolute Gasteiger partial charge is 0.324 e. The highest BCUT2D eigenvalue weighted by Crippen LogP contribution is 2.28. The maximum absolute atomic E-state index is 13.5. The van der Waals surface area contributed by atoms with E-state index in [-0.39, 0.29) is 11.9 Å². The smallest absolute Gasteiger partial charge is 0.123 e. The van der Waals surface area contributed by atoms with Crippen molar-refractivity contribution in [3.63, 3.8) is 0 Å². The number of nitrogens with zero attached hydrogens (tertiary/aromatic N) is 1. The number of rotatable bonds is 2. The lowest BCUT2D eigenvalue weighted by Crippen LogP contribution is -2.07. The Kier molecular flexibility index (Phi) is 3.20. The molecule has 1 atom stereocenters. The van der Waals surface area contributed by atoms with E-state index in [1.165, 1.54) is 12.1 Å². The first kappa shape index (κ1) is 12.8. The molecule has 0 aliphatic heterocycles. The second-order valence-corrected chi connectivity index (χ2v) is 4.91. The third-order valence-electron chi connectivity index (χ3n) is 3.38. The summed E-state index contributed by atoms with van der Waals surface area (Å²) in [5.41, 5.74) is 9.26. The lowest BCUT2D eigenvalue weighted by Gasteiger charge is -2.13.